The maximum absolute atomic E-state index is 10.6. The van der Waals surface area contributed by atoms with Gasteiger partial charge in [0.2, 0.25) is 0 Å². The molecule has 0 aliphatic carbocycles. The summed E-state index contributed by atoms with van der Waals surface area (Å²) in [4.78, 5) is 8.76. The maximum Gasteiger partial charge on any atom is 0.168 e. The van der Waals surface area contributed by atoms with Crippen LogP contribution in [0, 0.1) is 11.3 Å². The fourth-order valence-corrected chi connectivity index (χ4v) is 4.23. The van der Waals surface area contributed by atoms with Crippen molar-refractivity contribution in [1.82, 2.24) is 14.5 Å². The smallest absolute Gasteiger partial charge is 0.168 e. The number of para-hydroxylation sites is 1. The lowest BCUT2D eigenvalue weighted by Gasteiger charge is -2.12. The number of thiazole rings is 1. The summed E-state index contributed by atoms with van der Waals surface area (Å²) in [5, 5.41) is 21.2. The normalized spacial score (nSPS) is 13.5. The van der Waals surface area contributed by atoms with Gasteiger partial charge in [-0.25, -0.2) is 9.97 Å². The average Bonchev–Trinajstić information content (AvgIpc) is 3.21. The summed E-state index contributed by atoms with van der Waals surface area (Å²) in [7, 11) is 0. The van der Waals surface area contributed by atoms with Crippen molar-refractivity contribution in [3.63, 3.8) is 0 Å². The Kier molecular flexibility index (Phi) is 4.88. The highest BCUT2D eigenvalue weighted by molar-refractivity contribution is 7.99. The van der Waals surface area contributed by atoms with Gasteiger partial charge in [0.25, 0.3) is 0 Å². The molecule has 0 bridgehead atoms. The van der Waals surface area contributed by atoms with E-state index in [2.05, 4.69) is 16.0 Å². The minimum absolute atomic E-state index is 0.0345. The van der Waals surface area contributed by atoms with Gasteiger partial charge in [-0.05, 0) is 26.0 Å². The molecule has 0 amide bonds. The number of thioether (sulfide) groups is 1. The number of nitrogens with zero attached hydrogens (tertiary/aromatic N) is 4. The zero-order chi connectivity index (χ0) is 17.1. The fourth-order valence-electron chi connectivity index (χ4n) is 2.27. The molecular weight excluding hydrogens is 340 g/mol. The first kappa shape index (κ1) is 16.6. The summed E-state index contributed by atoms with van der Waals surface area (Å²) >= 11 is 2.83. The number of aryl methyl sites for hydroxylation is 1. The van der Waals surface area contributed by atoms with Crippen LogP contribution in [0.25, 0.3) is 15.8 Å². The first-order valence-corrected chi connectivity index (χ1v) is 9.20. The number of benzene rings is 1. The van der Waals surface area contributed by atoms with Crippen molar-refractivity contribution in [3.8, 4) is 6.07 Å². The number of hydrogen-bond donors (Lipinski definition) is 1. The lowest BCUT2D eigenvalue weighted by atomic mass is 10.2. The largest absolute Gasteiger partial charge is 0.510 e. The quantitative estimate of drug-likeness (QED) is 0.414. The van der Waals surface area contributed by atoms with Gasteiger partial charge in [0.05, 0.1) is 15.5 Å². The summed E-state index contributed by atoms with van der Waals surface area (Å²) in [5.74, 6) is 0.0345. The van der Waals surface area contributed by atoms with Crippen LogP contribution in [0.2, 0.25) is 0 Å². The van der Waals surface area contributed by atoms with E-state index in [0.717, 1.165) is 21.9 Å². The molecule has 3 aromatic rings. The van der Waals surface area contributed by atoms with Crippen LogP contribution < -0.4 is 0 Å². The van der Waals surface area contributed by atoms with Gasteiger partial charge in [0.15, 0.2) is 5.16 Å². The van der Waals surface area contributed by atoms with Crippen molar-refractivity contribution in [2.24, 2.45) is 0 Å². The minimum Gasteiger partial charge on any atom is -0.510 e. The topological polar surface area (TPSA) is 74.7 Å². The van der Waals surface area contributed by atoms with Gasteiger partial charge < -0.3 is 9.67 Å². The summed E-state index contributed by atoms with van der Waals surface area (Å²) in [6.45, 7) is 4.70. The third-order valence-electron chi connectivity index (χ3n) is 3.56. The van der Waals surface area contributed by atoms with E-state index < -0.39 is 0 Å². The molecule has 0 aliphatic heterocycles. The van der Waals surface area contributed by atoms with Gasteiger partial charge in [0.1, 0.15) is 22.4 Å². The van der Waals surface area contributed by atoms with E-state index in [9.17, 15) is 10.4 Å². The van der Waals surface area contributed by atoms with Crippen molar-refractivity contribution in [3.05, 3.63) is 47.4 Å². The number of aliphatic hydroxyl groups excluding tert-OH is 1. The van der Waals surface area contributed by atoms with Gasteiger partial charge >= 0.3 is 0 Å². The van der Waals surface area contributed by atoms with E-state index in [1.54, 1.807) is 6.20 Å². The lowest BCUT2D eigenvalue weighted by Crippen LogP contribution is -2.06. The Hall–Kier alpha value is -2.30. The number of aromatic nitrogens is 3. The van der Waals surface area contributed by atoms with Crippen molar-refractivity contribution in [1.29, 1.82) is 5.26 Å². The van der Waals surface area contributed by atoms with Crippen LogP contribution in [0.15, 0.2) is 47.6 Å². The van der Waals surface area contributed by atoms with E-state index in [-0.39, 0.29) is 16.6 Å². The van der Waals surface area contributed by atoms with Crippen LogP contribution in [0.4, 0.5) is 0 Å². The number of hydrogen-bond acceptors (Lipinski definition) is 6. The Morgan fingerprint density at radius 2 is 2.25 bits per heavy atom. The molecule has 0 saturated carbocycles. The van der Waals surface area contributed by atoms with Crippen molar-refractivity contribution >= 4 is 38.9 Å². The second-order valence-electron chi connectivity index (χ2n) is 5.11. The van der Waals surface area contributed by atoms with E-state index in [0.29, 0.717) is 5.01 Å². The molecule has 0 saturated heterocycles. The average molecular weight is 356 g/mol. The van der Waals surface area contributed by atoms with E-state index >= 15 is 0 Å². The summed E-state index contributed by atoms with van der Waals surface area (Å²) in [6, 6.07) is 9.80. The molecule has 24 heavy (non-hydrogen) atoms. The highest BCUT2D eigenvalue weighted by Gasteiger charge is 2.20. The van der Waals surface area contributed by atoms with E-state index in [4.69, 9.17) is 0 Å². The third kappa shape index (κ3) is 3.16. The highest BCUT2D eigenvalue weighted by atomic mass is 32.2. The number of imidazole rings is 1. The molecule has 0 radical (unpaired) electrons. The van der Waals surface area contributed by atoms with Crippen LogP contribution >= 0.6 is 23.1 Å². The van der Waals surface area contributed by atoms with Crippen LogP contribution in [0.5, 0.6) is 0 Å². The van der Waals surface area contributed by atoms with Crippen molar-refractivity contribution in [2.45, 2.75) is 30.8 Å². The van der Waals surface area contributed by atoms with Gasteiger partial charge in [-0.15, -0.1) is 11.3 Å². The number of nitriles is 1. The van der Waals surface area contributed by atoms with Crippen LogP contribution in [0.3, 0.4) is 0 Å². The van der Waals surface area contributed by atoms with Gasteiger partial charge in [-0.3, -0.25) is 0 Å². The van der Waals surface area contributed by atoms with Gasteiger partial charge in [-0.2, -0.15) is 5.26 Å². The Labute approximate surface area is 148 Å². The first-order chi connectivity index (χ1) is 11.6. The molecule has 0 fully saturated rings. The van der Waals surface area contributed by atoms with Gasteiger partial charge in [-0.1, -0.05) is 23.9 Å². The molecule has 122 valence electrons. The predicted molar refractivity (Wildman–Crippen MR) is 98.0 cm³/mol. The molecule has 7 heteroatoms. The first-order valence-electron chi connectivity index (χ1n) is 7.51. The fraction of sp³-hybridized carbons (Fsp3) is 0.235. The number of fused-ring (bicyclic) bond motifs is 1. The Morgan fingerprint density at radius 1 is 1.46 bits per heavy atom. The number of aliphatic hydroxyl groups is 1. The molecule has 2 heterocycles. The van der Waals surface area contributed by atoms with Crippen molar-refractivity contribution in [2.75, 3.05) is 0 Å². The van der Waals surface area contributed by atoms with E-state index in [1.165, 1.54) is 23.1 Å². The monoisotopic (exact) mass is 356 g/mol. The summed E-state index contributed by atoms with van der Waals surface area (Å²) < 4.78 is 2.99. The highest BCUT2D eigenvalue weighted by Crippen LogP contribution is 2.33. The van der Waals surface area contributed by atoms with Gasteiger partial charge in [0, 0.05) is 18.9 Å². The van der Waals surface area contributed by atoms with E-state index in [1.807, 2.05) is 48.9 Å². The second-order valence-corrected chi connectivity index (χ2v) is 7.45. The Bertz CT molecular complexity index is 902. The summed E-state index contributed by atoms with van der Waals surface area (Å²) in [6.07, 6.45) is 3.63. The lowest BCUT2D eigenvalue weighted by molar-refractivity contribution is 0.402. The Balaban J connectivity index is 1.93. The number of rotatable bonds is 5. The predicted octanol–water partition coefficient (Wildman–Crippen LogP) is 4.49. The molecule has 1 N–H and O–H groups in total. The second kappa shape index (κ2) is 7.07. The Morgan fingerprint density at radius 3 is 2.96 bits per heavy atom. The molecule has 2 aromatic heterocycles. The number of allylic oxidation sites excluding steroid dienone is 1. The zero-order valence-corrected chi connectivity index (χ0v) is 14.9. The molecule has 5 nitrogen and oxygen atoms in total. The third-order valence-corrected chi connectivity index (χ3v) is 5.74. The summed E-state index contributed by atoms with van der Waals surface area (Å²) in [5.41, 5.74) is 1.06. The van der Waals surface area contributed by atoms with Crippen molar-refractivity contribution < 1.29 is 5.11 Å². The molecule has 1 atom stereocenters. The molecular formula is C17H16N4OS2. The van der Waals surface area contributed by atoms with Crippen LogP contribution in [0.1, 0.15) is 18.9 Å². The minimum atomic E-state index is -0.292. The molecule has 0 spiro atoms. The maximum atomic E-state index is 10.6. The molecule has 1 aromatic carbocycles. The molecule has 3 rings (SSSR count). The van der Waals surface area contributed by atoms with Crippen LogP contribution in [-0.2, 0) is 6.54 Å². The van der Waals surface area contributed by atoms with Crippen LogP contribution in [-0.4, -0.2) is 24.9 Å². The molecule has 0 unspecified atom stereocenters. The SMILES string of the molecule is CCn1ccnc1S[C@@H](C)C(O)=C(C#N)c1nc2ccccc2s1. The standard InChI is InChI=1S/C17H16N4OS2/c1-3-21-9-8-19-17(21)23-11(2)15(22)12(10-18)16-20-13-6-4-5-7-14(13)24-16/h4-9,11,22H,3H2,1-2H3/t11-/m0/s1. The zero-order valence-electron chi connectivity index (χ0n) is 13.3. The molecule has 0 aliphatic rings.